The van der Waals surface area contributed by atoms with Crippen LogP contribution in [0.1, 0.15) is 0 Å². The van der Waals surface area contributed by atoms with Crippen molar-refractivity contribution in [3.8, 4) is 11.4 Å². The molecule has 0 fully saturated rings. The van der Waals surface area contributed by atoms with E-state index in [9.17, 15) is 8.78 Å². The maximum Gasteiger partial charge on any atom is 0.145 e. The van der Waals surface area contributed by atoms with E-state index in [4.69, 9.17) is 0 Å². The third-order valence-corrected chi connectivity index (χ3v) is 4.52. The van der Waals surface area contributed by atoms with E-state index in [0.29, 0.717) is 22.7 Å². The predicted molar refractivity (Wildman–Crippen MR) is 103 cm³/mol. The summed E-state index contributed by atoms with van der Waals surface area (Å²) in [7, 11) is 1.87. The van der Waals surface area contributed by atoms with Crippen LogP contribution in [-0.4, -0.2) is 24.5 Å². The first-order chi connectivity index (χ1) is 13.6. The van der Waals surface area contributed by atoms with Crippen LogP contribution in [-0.2, 0) is 7.05 Å². The number of fused-ring (bicyclic) bond motifs is 2. The Balaban J connectivity index is 1.70. The van der Waals surface area contributed by atoms with Gasteiger partial charge in [-0.05, 0) is 24.3 Å². The van der Waals surface area contributed by atoms with E-state index in [0.717, 1.165) is 22.7 Å². The number of anilines is 2. The molecule has 0 amide bonds. The molecule has 5 aromatic rings. The van der Waals surface area contributed by atoms with Gasteiger partial charge in [0.2, 0.25) is 0 Å². The molecule has 0 spiro atoms. The summed E-state index contributed by atoms with van der Waals surface area (Å²) < 4.78 is 29.0. The molecule has 0 aliphatic carbocycles. The smallest absolute Gasteiger partial charge is 0.145 e. The number of hydrogen-bond donors (Lipinski definition) is 2. The summed E-state index contributed by atoms with van der Waals surface area (Å²) in [5.41, 5.74) is 3.47. The number of imidazole rings is 1. The Morgan fingerprint density at radius 3 is 2.61 bits per heavy atom. The molecule has 2 N–H and O–H groups in total. The lowest BCUT2D eigenvalue weighted by atomic mass is 10.2. The van der Waals surface area contributed by atoms with E-state index in [-0.39, 0.29) is 5.69 Å². The Labute approximate surface area is 157 Å². The number of hydrogen-bond acceptors (Lipinski definition) is 4. The zero-order valence-corrected chi connectivity index (χ0v) is 14.7. The Hall–Kier alpha value is -3.81. The van der Waals surface area contributed by atoms with Crippen molar-refractivity contribution < 1.29 is 8.78 Å². The Bertz CT molecular complexity index is 1280. The fourth-order valence-electron chi connectivity index (χ4n) is 3.33. The molecule has 0 unspecified atom stereocenters. The Morgan fingerprint density at radius 1 is 1.04 bits per heavy atom. The molecule has 2 aromatic carbocycles. The van der Waals surface area contributed by atoms with Gasteiger partial charge >= 0.3 is 0 Å². The summed E-state index contributed by atoms with van der Waals surface area (Å²) in [6.07, 6.45) is 3.30. The maximum absolute atomic E-state index is 13.6. The van der Waals surface area contributed by atoms with Crippen LogP contribution in [0, 0.1) is 11.6 Å². The highest BCUT2D eigenvalue weighted by molar-refractivity contribution is 6.01. The van der Waals surface area contributed by atoms with Crippen molar-refractivity contribution in [3.63, 3.8) is 0 Å². The van der Waals surface area contributed by atoms with Crippen molar-refractivity contribution in [3.05, 3.63) is 66.6 Å². The quantitative estimate of drug-likeness (QED) is 0.485. The van der Waals surface area contributed by atoms with Crippen LogP contribution < -0.4 is 5.32 Å². The number of nitrogens with one attached hydrogen (secondary N) is 2. The Morgan fingerprint density at radius 2 is 1.82 bits per heavy atom. The van der Waals surface area contributed by atoms with Crippen LogP contribution in [0.25, 0.3) is 33.5 Å². The monoisotopic (exact) mass is 376 g/mol. The van der Waals surface area contributed by atoms with Crippen LogP contribution >= 0.6 is 0 Å². The third kappa shape index (κ3) is 2.66. The first-order valence-corrected chi connectivity index (χ1v) is 8.57. The summed E-state index contributed by atoms with van der Waals surface area (Å²) in [5, 5.41) is 3.70. The number of halogens is 2. The van der Waals surface area contributed by atoms with Gasteiger partial charge in [0.15, 0.2) is 0 Å². The van der Waals surface area contributed by atoms with Crippen LogP contribution in [0.15, 0.2) is 55.0 Å². The molecule has 5 rings (SSSR count). The van der Waals surface area contributed by atoms with Crippen LogP contribution in [0.4, 0.5) is 20.3 Å². The summed E-state index contributed by atoms with van der Waals surface area (Å²) >= 11 is 0. The second-order valence-corrected chi connectivity index (χ2v) is 6.46. The van der Waals surface area contributed by atoms with Gasteiger partial charge in [0, 0.05) is 30.6 Å². The van der Waals surface area contributed by atoms with Gasteiger partial charge in [0.25, 0.3) is 0 Å². The Kier molecular flexibility index (Phi) is 3.58. The van der Waals surface area contributed by atoms with E-state index < -0.39 is 11.6 Å². The minimum atomic E-state index is -0.668. The molecule has 0 aliphatic rings. The first kappa shape index (κ1) is 16.4. The molecular formula is C20H14F2N6. The number of para-hydroxylation sites is 2. The van der Waals surface area contributed by atoms with Crippen molar-refractivity contribution in [1.82, 2.24) is 24.5 Å². The number of rotatable bonds is 3. The van der Waals surface area contributed by atoms with Crippen molar-refractivity contribution in [2.24, 2.45) is 7.05 Å². The SMILES string of the molecule is Cn1cc(-c2nc3ccccc3[nH]2)c2c(Nc3cc(F)cc(F)c3)ncnc21. The molecule has 0 saturated heterocycles. The zero-order valence-electron chi connectivity index (χ0n) is 14.7. The first-order valence-electron chi connectivity index (χ1n) is 8.57. The molecule has 3 aromatic heterocycles. The van der Waals surface area contributed by atoms with Crippen molar-refractivity contribution in [1.29, 1.82) is 0 Å². The summed E-state index contributed by atoms with van der Waals surface area (Å²) in [4.78, 5) is 16.6. The molecule has 0 radical (unpaired) electrons. The lowest BCUT2D eigenvalue weighted by Gasteiger charge is -2.08. The standard InChI is InChI=1S/C20H14F2N6/c1-28-9-14(18-26-15-4-2-3-5-16(15)27-18)17-19(23-10-24-20(17)28)25-13-7-11(21)6-12(22)8-13/h2-10H,1H3,(H,26,27)(H,23,24,25). The molecule has 0 bridgehead atoms. The van der Waals surface area contributed by atoms with Crippen LogP contribution in [0.5, 0.6) is 0 Å². The molecule has 0 aliphatic heterocycles. The van der Waals surface area contributed by atoms with Gasteiger partial charge in [0.05, 0.1) is 16.4 Å². The van der Waals surface area contributed by atoms with Gasteiger partial charge in [0.1, 0.15) is 35.3 Å². The minimum absolute atomic E-state index is 0.261. The third-order valence-electron chi connectivity index (χ3n) is 4.52. The molecule has 0 saturated carbocycles. The molecule has 3 heterocycles. The number of aromatic nitrogens is 5. The van der Waals surface area contributed by atoms with Gasteiger partial charge < -0.3 is 14.9 Å². The molecule has 0 atom stereocenters. The molecular weight excluding hydrogens is 362 g/mol. The highest BCUT2D eigenvalue weighted by Crippen LogP contribution is 2.34. The molecule has 28 heavy (non-hydrogen) atoms. The van der Waals surface area contributed by atoms with Crippen molar-refractivity contribution in [2.75, 3.05) is 5.32 Å². The fourth-order valence-corrected chi connectivity index (χ4v) is 3.33. The minimum Gasteiger partial charge on any atom is -0.339 e. The molecule has 6 nitrogen and oxygen atoms in total. The topological polar surface area (TPSA) is 71.4 Å². The van der Waals surface area contributed by atoms with Gasteiger partial charge in [-0.15, -0.1) is 0 Å². The summed E-state index contributed by atoms with van der Waals surface area (Å²) in [6.45, 7) is 0. The molecule has 138 valence electrons. The normalized spacial score (nSPS) is 11.4. The predicted octanol–water partition coefficient (Wildman–Crippen LogP) is 4.53. The highest BCUT2D eigenvalue weighted by Gasteiger charge is 2.18. The second-order valence-electron chi connectivity index (χ2n) is 6.46. The van der Waals surface area contributed by atoms with E-state index in [1.165, 1.54) is 18.5 Å². The fraction of sp³-hybridized carbons (Fsp3) is 0.0500. The lowest BCUT2D eigenvalue weighted by molar-refractivity contribution is 0.584. The van der Waals surface area contributed by atoms with E-state index in [2.05, 4.69) is 25.3 Å². The maximum atomic E-state index is 13.6. The van der Waals surface area contributed by atoms with E-state index in [1.54, 1.807) is 0 Å². The second kappa shape index (κ2) is 6.12. The number of H-pyrrole nitrogens is 1. The average molecular weight is 376 g/mol. The van der Waals surface area contributed by atoms with Gasteiger partial charge in [-0.25, -0.2) is 23.7 Å². The molecule has 8 heteroatoms. The largest absolute Gasteiger partial charge is 0.339 e. The zero-order chi connectivity index (χ0) is 19.3. The summed E-state index contributed by atoms with van der Waals surface area (Å²) in [5.74, 6) is -0.238. The number of aromatic amines is 1. The number of aryl methyl sites for hydroxylation is 1. The van der Waals surface area contributed by atoms with Crippen LogP contribution in [0.2, 0.25) is 0 Å². The van der Waals surface area contributed by atoms with Crippen LogP contribution in [0.3, 0.4) is 0 Å². The van der Waals surface area contributed by atoms with Crippen molar-refractivity contribution in [2.45, 2.75) is 0 Å². The number of nitrogens with zero attached hydrogens (tertiary/aromatic N) is 4. The van der Waals surface area contributed by atoms with E-state index >= 15 is 0 Å². The van der Waals surface area contributed by atoms with Gasteiger partial charge in [-0.3, -0.25) is 0 Å². The number of benzene rings is 2. The average Bonchev–Trinajstić information content (AvgIpc) is 3.23. The van der Waals surface area contributed by atoms with Gasteiger partial charge in [-0.2, -0.15) is 0 Å². The lowest BCUT2D eigenvalue weighted by Crippen LogP contribution is -1.98. The highest BCUT2D eigenvalue weighted by atomic mass is 19.1. The van der Waals surface area contributed by atoms with Gasteiger partial charge in [-0.1, -0.05) is 12.1 Å². The van der Waals surface area contributed by atoms with Crippen molar-refractivity contribution >= 4 is 33.6 Å². The summed E-state index contributed by atoms with van der Waals surface area (Å²) in [6, 6.07) is 11.0. The van der Waals surface area contributed by atoms with E-state index in [1.807, 2.05) is 42.1 Å².